The van der Waals surface area contributed by atoms with Gasteiger partial charge in [0.2, 0.25) is 0 Å². The lowest BCUT2D eigenvalue weighted by Crippen LogP contribution is -1.95. The van der Waals surface area contributed by atoms with Crippen LogP contribution in [0.3, 0.4) is 0 Å². The zero-order valence-electron chi connectivity index (χ0n) is 9.62. The van der Waals surface area contributed by atoms with E-state index in [9.17, 15) is 4.79 Å². The maximum Gasteiger partial charge on any atom is 0.159 e. The first-order chi connectivity index (χ1) is 7.13. The highest BCUT2D eigenvalue weighted by Crippen LogP contribution is 2.26. The second-order valence-corrected chi connectivity index (χ2v) is 5.31. The zero-order chi connectivity index (χ0) is 11.3. The Morgan fingerprint density at radius 1 is 1.33 bits per heavy atom. The summed E-state index contributed by atoms with van der Waals surface area (Å²) < 4.78 is 0. The van der Waals surface area contributed by atoms with Crippen LogP contribution in [0.5, 0.6) is 0 Å². The molecule has 0 aliphatic rings. The van der Waals surface area contributed by atoms with E-state index in [0.717, 1.165) is 5.56 Å². The molecule has 0 heterocycles. The summed E-state index contributed by atoms with van der Waals surface area (Å²) in [7, 11) is 0. The van der Waals surface area contributed by atoms with Crippen molar-refractivity contribution in [3.8, 4) is 0 Å². The van der Waals surface area contributed by atoms with Crippen LogP contribution in [0.4, 0.5) is 0 Å². The van der Waals surface area contributed by atoms with E-state index in [-0.39, 0.29) is 5.78 Å². The van der Waals surface area contributed by atoms with Crippen molar-refractivity contribution in [1.82, 2.24) is 0 Å². The van der Waals surface area contributed by atoms with E-state index < -0.39 is 0 Å². The molecule has 0 saturated heterocycles. The van der Waals surface area contributed by atoms with E-state index in [2.05, 4.69) is 13.8 Å². The minimum absolute atomic E-state index is 0.133. The molecule has 2 heteroatoms. The fraction of sp³-hybridized carbons (Fsp3) is 0.462. The van der Waals surface area contributed by atoms with Crippen molar-refractivity contribution in [2.24, 2.45) is 0 Å². The van der Waals surface area contributed by atoms with E-state index in [1.807, 2.05) is 36.0 Å². The molecule has 0 aliphatic carbocycles. The van der Waals surface area contributed by atoms with Crippen LogP contribution in [0.1, 0.15) is 44.0 Å². The number of benzene rings is 1. The highest BCUT2D eigenvalue weighted by Gasteiger charge is 2.04. The van der Waals surface area contributed by atoms with Crippen LogP contribution in [0.25, 0.3) is 0 Å². The summed E-state index contributed by atoms with van der Waals surface area (Å²) in [5, 5.41) is 0.651. The standard InChI is InChI=1S/C13H18OS/c1-4-5-10(2)15-13-8-6-12(7-9-13)11(3)14/h6-10H,4-5H2,1-3H3. The molecule has 0 bridgehead atoms. The van der Waals surface area contributed by atoms with Gasteiger partial charge in [-0.15, -0.1) is 11.8 Å². The third-order valence-electron chi connectivity index (χ3n) is 2.29. The van der Waals surface area contributed by atoms with Gasteiger partial charge in [0.1, 0.15) is 0 Å². The maximum absolute atomic E-state index is 11.1. The lowest BCUT2D eigenvalue weighted by atomic mass is 10.2. The fourth-order valence-corrected chi connectivity index (χ4v) is 2.58. The number of hydrogen-bond donors (Lipinski definition) is 0. The van der Waals surface area contributed by atoms with Crippen LogP contribution in [0, 0.1) is 0 Å². The summed E-state index contributed by atoms with van der Waals surface area (Å²) >= 11 is 1.88. The highest BCUT2D eigenvalue weighted by atomic mass is 32.2. The first kappa shape index (κ1) is 12.3. The van der Waals surface area contributed by atoms with Gasteiger partial charge in [-0.2, -0.15) is 0 Å². The third kappa shape index (κ3) is 4.08. The largest absolute Gasteiger partial charge is 0.295 e. The van der Waals surface area contributed by atoms with E-state index in [0.29, 0.717) is 5.25 Å². The molecule has 1 aromatic carbocycles. The first-order valence-corrected chi connectivity index (χ1v) is 6.29. The molecule has 1 rings (SSSR count). The summed E-state index contributed by atoms with van der Waals surface area (Å²) in [6.45, 7) is 6.05. The molecular formula is C13H18OS. The van der Waals surface area contributed by atoms with Gasteiger partial charge in [-0.25, -0.2) is 0 Å². The predicted molar refractivity (Wildman–Crippen MR) is 66.7 cm³/mol. The van der Waals surface area contributed by atoms with Gasteiger partial charge in [-0.05, 0) is 25.5 Å². The Morgan fingerprint density at radius 2 is 1.93 bits per heavy atom. The number of carbonyl (C=O) groups is 1. The maximum atomic E-state index is 11.1. The van der Waals surface area contributed by atoms with Gasteiger partial charge in [-0.1, -0.05) is 32.4 Å². The Labute approximate surface area is 96.3 Å². The predicted octanol–water partition coefficient (Wildman–Crippen LogP) is 4.17. The lowest BCUT2D eigenvalue weighted by molar-refractivity contribution is 0.101. The van der Waals surface area contributed by atoms with Crippen molar-refractivity contribution in [1.29, 1.82) is 0 Å². The molecule has 0 saturated carbocycles. The van der Waals surface area contributed by atoms with Gasteiger partial charge < -0.3 is 0 Å². The summed E-state index contributed by atoms with van der Waals surface area (Å²) in [5.41, 5.74) is 0.794. The normalized spacial score (nSPS) is 12.5. The highest BCUT2D eigenvalue weighted by molar-refractivity contribution is 7.99. The average molecular weight is 222 g/mol. The van der Waals surface area contributed by atoms with Gasteiger partial charge in [0.05, 0.1) is 0 Å². The summed E-state index contributed by atoms with van der Waals surface area (Å²) in [6, 6.07) is 7.88. The lowest BCUT2D eigenvalue weighted by Gasteiger charge is -2.09. The minimum atomic E-state index is 0.133. The van der Waals surface area contributed by atoms with Crippen LogP contribution >= 0.6 is 11.8 Å². The van der Waals surface area contributed by atoms with E-state index >= 15 is 0 Å². The van der Waals surface area contributed by atoms with Crippen molar-refractivity contribution in [2.75, 3.05) is 0 Å². The van der Waals surface area contributed by atoms with Gasteiger partial charge in [0, 0.05) is 15.7 Å². The molecule has 15 heavy (non-hydrogen) atoms. The smallest absolute Gasteiger partial charge is 0.159 e. The molecule has 0 aromatic heterocycles. The van der Waals surface area contributed by atoms with Crippen LogP contribution < -0.4 is 0 Å². The molecular weight excluding hydrogens is 204 g/mol. The number of rotatable bonds is 5. The van der Waals surface area contributed by atoms with E-state index in [1.54, 1.807) is 6.92 Å². The second-order valence-electron chi connectivity index (χ2n) is 3.80. The van der Waals surface area contributed by atoms with Crippen LogP contribution in [-0.4, -0.2) is 11.0 Å². The summed E-state index contributed by atoms with van der Waals surface area (Å²) in [6.07, 6.45) is 2.46. The number of thioether (sulfide) groups is 1. The monoisotopic (exact) mass is 222 g/mol. The molecule has 1 unspecified atom stereocenters. The topological polar surface area (TPSA) is 17.1 Å². The van der Waals surface area contributed by atoms with Gasteiger partial charge >= 0.3 is 0 Å². The van der Waals surface area contributed by atoms with Gasteiger partial charge in [0.25, 0.3) is 0 Å². The molecule has 0 spiro atoms. The van der Waals surface area contributed by atoms with Crippen molar-refractivity contribution < 1.29 is 4.79 Å². The molecule has 1 nitrogen and oxygen atoms in total. The summed E-state index contributed by atoms with van der Waals surface area (Å²) in [5.74, 6) is 0.133. The molecule has 0 amide bonds. The second kappa shape index (κ2) is 5.96. The fourth-order valence-electron chi connectivity index (χ4n) is 1.47. The Morgan fingerprint density at radius 3 is 2.40 bits per heavy atom. The average Bonchev–Trinajstić information content (AvgIpc) is 2.18. The molecule has 0 radical (unpaired) electrons. The number of Topliss-reactive ketones (excluding diaryl/α,β-unsaturated/α-hetero) is 1. The van der Waals surface area contributed by atoms with Crippen LogP contribution in [0.2, 0.25) is 0 Å². The summed E-state index contributed by atoms with van der Waals surface area (Å²) in [4.78, 5) is 12.3. The SMILES string of the molecule is CCCC(C)Sc1ccc(C(C)=O)cc1. The molecule has 0 aliphatic heterocycles. The van der Waals surface area contributed by atoms with E-state index in [4.69, 9.17) is 0 Å². The molecule has 1 aromatic rings. The van der Waals surface area contributed by atoms with E-state index in [1.165, 1.54) is 17.7 Å². The Bertz CT molecular complexity index is 316. The molecule has 0 N–H and O–H groups in total. The third-order valence-corrected chi connectivity index (χ3v) is 3.48. The van der Waals surface area contributed by atoms with Gasteiger partial charge in [0.15, 0.2) is 5.78 Å². The van der Waals surface area contributed by atoms with Crippen LogP contribution in [-0.2, 0) is 0 Å². The number of ketones is 1. The minimum Gasteiger partial charge on any atom is -0.295 e. The quantitative estimate of drug-likeness (QED) is 0.549. The van der Waals surface area contributed by atoms with Crippen molar-refractivity contribution >= 4 is 17.5 Å². The van der Waals surface area contributed by atoms with Crippen LogP contribution in [0.15, 0.2) is 29.2 Å². The Hall–Kier alpha value is -0.760. The van der Waals surface area contributed by atoms with Gasteiger partial charge in [-0.3, -0.25) is 4.79 Å². The molecule has 82 valence electrons. The molecule has 0 fully saturated rings. The van der Waals surface area contributed by atoms with Crippen molar-refractivity contribution in [2.45, 2.75) is 43.8 Å². The van der Waals surface area contributed by atoms with Crippen molar-refractivity contribution in [3.05, 3.63) is 29.8 Å². The first-order valence-electron chi connectivity index (χ1n) is 5.41. The zero-order valence-corrected chi connectivity index (χ0v) is 10.4. The van der Waals surface area contributed by atoms with Crippen molar-refractivity contribution in [3.63, 3.8) is 0 Å². The number of carbonyl (C=O) groups excluding carboxylic acids is 1. The molecule has 1 atom stereocenters. The Kier molecular flexibility index (Phi) is 4.89. The number of hydrogen-bond acceptors (Lipinski definition) is 2. The Balaban J connectivity index is 2.60.